The number of carbonyl (C=O) groups excluding carboxylic acids is 1. The number of aromatic nitrogens is 3. The van der Waals surface area contributed by atoms with Crippen molar-refractivity contribution >= 4 is 37.0 Å². The summed E-state index contributed by atoms with van der Waals surface area (Å²) in [6, 6.07) is 6.27. The normalized spacial score (nSPS) is 24.5. The second-order valence-corrected chi connectivity index (χ2v) is 12.3. The summed E-state index contributed by atoms with van der Waals surface area (Å²) in [5.41, 5.74) is -1.28. The van der Waals surface area contributed by atoms with Crippen LogP contribution in [0.15, 0.2) is 51.6 Å². The largest absolute Gasteiger partial charge is 0.544 e. The molecule has 13 nitrogen and oxygen atoms in total. The number of thiazole rings is 1. The molecule has 0 saturated carbocycles. The van der Waals surface area contributed by atoms with E-state index in [1.165, 1.54) is 30.4 Å². The van der Waals surface area contributed by atoms with Gasteiger partial charge in [-0.25, -0.2) is 14.2 Å². The van der Waals surface area contributed by atoms with Crippen LogP contribution in [0, 0.1) is 0 Å². The van der Waals surface area contributed by atoms with Gasteiger partial charge in [0.15, 0.2) is 17.6 Å². The average Bonchev–Trinajstić information content (AvgIpc) is 3.44. The van der Waals surface area contributed by atoms with Crippen LogP contribution in [-0.2, 0) is 18.8 Å². The van der Waals surface area contributed by atoms with E-state index in [2.05, 4.69) is 10.1 Å². The highest BCUT2D eigenvalue weighted by Crippen LogP contribution is 2.54. The number of benzene rings is 1. The van der Waals surface area contributed by atoms with E-state index >= 15 is 4.39 Å². The second kappa shape index (κ2) is 12.6. The molecule has 2 aromatic heterocycles. The molecule has 222 valence electrons. The van der Waals surface area contributed by atoms with Gasteiger partial charge in [-0.3, -0.25) is 23.7 Å². The molecule has 1 fully saturated rings. The zero-order valence-corrected chi connectivity index (χ0v) is 24.5. The van der Waals surface area contributed by atoms with Gasteiger partial charge in [-0.15, -0.1) is 11.3 Å². The van der Waals surface area contributed by atoms with E-state index in [4.69, 9.17) is 30.1 Å². The number of aliphatic hydroxyl groups excluding tert-OH is 1. The lowest BCUT2D eigenvalue weighted by molar-refractivity contribution is -0.144. The Bertz CT molecular complexity index is 1490. The molecule has 4 N–H and O–H groups in total. The third kappa shape index (κ3) is 7.01. The molecule has 0 amide bonds. The van der Waals surface area contributed by atoms with Crippen LogP contribution in [0.2, 0.25) is 4.34 Å². The molecule has 4 rings (SSSR count). The first-order chi connectivity index (χ1) is 19.3. The zero-order chi connectivity index (χ0) is 29.9. The van der Waals surface area contributed by atoms with Crippen molar-refractivity contribution in [3.63, 3.8) is 0 Å². The summed E-state index contributed by atoms with van der Waals surface area (Å²) in [5.74, 6) is -0.557. The Hall–Kier alpha value is -2.75. The number of esters is 1. The molecule has 1 aliphatic rings. The number of rotatable bonds is 11. The van der Waals surface area contributed by atoms with Gasteiger partial charge in [0.05, 0.1) is 17.8 Å². The number of aliphatic hydroxyl groups is 1. The molecule has 3 aromatic rings. The molecule has 1 aromatic carbocycles. The number of nitrogens with zero attached hydrogens (tertiary/aromatic N) is 2. The van der Waals surface area contributed by atoms with Crippen molar-refractivity contribution in [3.8, 4) is 17.0 Å². The number of nitrogens with one attached hydrogen (secondary N) is 2. The fourth-order valence-corrected chi connectivity index (χ4v) is 6.37. The number of ether oxygens (including phenoxy) is 2. The molecule has 1 unspecified atom stereocenters. The Balaban J connectivity index is 1.54. The summed E-state index contributed by atoms with van der Waals surface area (Å²) in [7, 11) is -4.16. The SMILES string of the molecule is CCOC(=O)[C@H](C)N[P+](O)(OC[C@H]1O[C@@H](n2ccc(=O)[nH]c2=O)[C@](C)(F)[C@@H]1O)Oc1ccc(-c2ncsc2Cl)cc1. The molecule has 1 aliphatic heterocycles. The van der Waals surface area contributed by atoms with Gasteiger partial charge in [-0.1, -0.05) is 16.7 Å². The van der Waals surface area contributed by atoms with Crippen molar-refractivity contribution in [2.75, 3.05) is 13.2 Å². The van der Waals surface area contributed by atoms with E-state index < -0.39 is 62.1 Å². The third-order valence-corrected chi connectivity index (χ3v) is 8.84. The van der Waals surface area contributed by atoms with E-state index in [0.717, 1.165) is 23.8 Å². The van der Waals surface area contributed by atoms with Crippen LogP contribution in [0.5, 0.6) is 5.75 Å². The van der Waals surface area contributed by atoms with Gasteiger partial charge in [-0.05, 0) is 45.0 Å². The molecule has 0 bridgehead atoms. The maximum Gasteiger partial charge on any atom is 0.544 e. The fraction of sp³-hybridized carbons (Fsp3) is 0.417. The number of hydrogen-bond acceptors (Lipinski definition) is 12. The number of aromatic amines is 1. The van der Waals surface area contributed by atoms with Gasteiger partial charge in [0.2, 0.25) is 0 Å². The van der Waals surface area contributed by atoms with Crippen LogP contribution < -0.4 is 20.9 Å². The Morgan fingerprint density at radius 3 is 2.68 bits per heavy atom. The van der Waals surface area contributed by atoms with Crippen LogP contribution in [0.4, 0.5) is 4.39 Å². The van der Waals surface area contributed by atoms with E-state index in [1.54, 1.807) is 24.6 Å². The first-order valence-corrected chi connectivity index (χ1v) is 15.1. The summed E-state index contributed by atoms with van der Waals surface area (Å²) in [5, 5.41) is 13.3. The molecule has 0 radical (unpaired) electrons. The van der Waals surface area contributed by atoms with Gasteiger partial charge >= 0.3 is 19.8 Å². The Morgan fingerprint density at radius 2 is 2.07 bits per heavy atom. The van der Waals surface area contributed by atoms with Crippen molar-refractivity contribution < 1.29 is 37.7 Å². The third-order valence-electron chi connectivity index (χ3n) is 6.11. The van der Waals surface area contributed by atoms with Crippen molar-refractivity contribution in [3.05, 3.63) is 67.2 Å². The predicted octanol–water partition coefficient (Wildman–Crippen LogP) is 2.61. The molecule has 6 atom stereocenters. The molecular formula is C24H28ClFN4O9PS+. The lowest BCUT2D eigenvalue weighted by Gasteiger charge is -2.24. The van der Waals surface area contributed by atoms with Crippen molar-refractivity contribution in [1.29, 1.82) is 0 Å². The van der Waals surface area contributed by atoms with Crippen molar-refractivity contribution in [2.45, 2.75) is 50.9 Å². The second-order valence-electron chi connectivity index (χ2n) is 9.15. The molecule has 0 spiro atoms. The highest BCUT2D eigenvalue weighted by Gasteiger charge is 2.57. The molecule has 41 heavy (non-hydrogen) atoms. The number of alkyl halides is 1. The van der Waals surface area contributed by atoms with E-state index in [1.807, 2.05) is 4.98 Å². The summed E-state index contributed by atoms with van der Waals surface area (Å²) in [4.78, 5) is 53.5. The van der Waals surface area contributed by atoms with Crippen LogP contribution in [0.25, 0.3) is 11.3 Å². The lowest BCUT2D eigenvalue weighted by Crippen LogP contribution is -2.44. The molecular weight excluding hydrogens is 606 g/mol. The van der Waals surface area contributed by atoms with Crippen LogP contribution >= 0.6 is 31.0 Å². The molecule has 17 heteroatoms. The topological polar surface area (TPSA) is 174 Å². The fourth-order valence-electron chi connectivity index (χ4n) is 4.03. The molecule has 3 heterocycles. The van der Waals surface area contributed by atoms with Gasteiger partial charge in [0.25, 0.3) is 5.56 Å². The summed E-state index contributed by atoms with van der Waals surface area (Å²) in [6.07, 6.45) is -3.79. The minimum Gasteiger partial charge on any atom is -0.465 e. The minimum atomic E-state index is -4.16. The van der Waals surface area contributed by atoms with Crippen LogP contribution in [0.3, 0.4) is 0 Å². The van der Waals surface area contributed by atoms with Gasteiger partial charge in [-0.2, -0.15) is 9.42 Å². The van der Waals surface area contributed by atoms with Crippen LogP contribution in [0.1, 0.15) is 27.0 Å². The number of H-pyrrole nitrogens is 1. The summed E-state index contributed by atoms with van der Waals surface area (Å²) in [6.45, 7) is 3.53. The summed E-state index contributed by atoms with van der Waals surface area (Å²) < 4.78 is 38.8. The van der Waals surface area contributed by atoms with E-state index in [0.29, 0.717) is 15.6 Å². The minimum absolute atomic E-state index is 0.0901. The van der Waals surface area contributed by atoms with E-state index in [-0.39, 0.29) is 12.4 Å². The van der Waals surface area contributed by atoms with Crippen molar-refractivity contribution in [1.82, 2.24) is 19.6 Å². The standard InChI is InChI=1S/C24H27ClFN4O9PS/c1-4-36-21(33)13(2)29-40(35,39-15-7-5-14(6-8-15)18-20(25)41-12-27-18)37-11-16-19(32)24(3,26)22(38-16)30-10-9-17(31)28-23(30)34/h5-10,12-13,16,19,22,29,32,35H,4,11H2,1-3H3/p+1/t13-,16+,19+,22+,24+,40?/m0/s1. The number of hydrogen-bond donors (Lipinski definition) is 4. The monoisotopic (exact) mass is 633 g/mol. The highest BCUT2D eigenvalue weighted by atomic mass is 35.5. The maximum atomic E-state index is 15.6. The smallest absolute Gasteiger partial charge is 0.465 e. The average molecular weight is 634 g/mol. The summed E-state index contributed by atoms with van der Waals surface area (Å²) >= 11 is 7.42. The van der Waals surface area contributed by atoms with Crippen LogP contribution in [-0.4, -0.2) is 67.6 Å². The van der Waals surface area contributed by atoms with Gasteiger partial charge in [0, 0.05) is 17.8 Å². The molecule has 0 aliphatic carbocycles. The Kier molecular flexibility index (Phi) is 9.61. The lowest BCUT2D eigenvalue weighted by atomic mass is 9.98. The van der Waals surface area contributed by atoms with Crippen molar-refractivity contribution in [2.24, 2.45) is 0 Å². The quantitative estimate of drug-likeness (QED) is 0.180. The van der Waals surface area contributed by atoms with Gasteiger partial charge < -0.3 is 14.6 Å². The number of halogens is 2. The van der Waals surface area contributed by atoms with Gasteiger partial charge in [0.1, 0.15) is 29.2 Å². The number of carbonyl (C=O) groups is 1. The first-order valence-electron chi connectivity index (χ1n) is 12.3. The van der Waals surface area contributed by atoms with E-state index in [9.17, 15) is 24.4 Å². The molecule has 1 saturated heterocycles. The first kappa shape index (κ1) is 31.2. The maximum absolute atomic E-state index is 15.6. The highest BCUT2D eigenvalue weighted by molar-refractivity contribution is 7.59. The Morgan fingerprint density at radius 1 is 1.37 bits per heavy atom. The Labute approximate surface area is 242 Å². The zero-order valence-electron chi connectivity index (χ0n) is 22.0. The predicted molar refractivity (Wildman–Crippen MR) is 148 cm³/mol.